The zero-order valence-electron chi connectivity index (χ0n) is 17.6. The van der Waals surface area contributed by atoms with Gasteiger partial charge in [0, 0.05) is 6.20 Å². The van der Waals surface area contributed by atoms with E-state index in [1.54, 1.807) is 23.8 Å². The SMILES string of the molecule is COc1cc(OC)nc(NC(=O)NS(=O)(=O)c2ncccc2S(=O)(=O)c2ccccc2C)n1. The maximum Gasteiger partial charge on any atom is 0.335 e. The van der Waals surface area contributed by atoms with Crippen molar-refractivity contribution in [2.24, 2.45) is 0 Å². The predicted octanol–water partition coefficient (Wildman–Crippen LogP) is 1.54. The molecule has 0 unspecified atom stereocenters. The van der Waals surface area contributed by atoms with Crippen LogP contribution in [0.5, 0.6) is 11.8 Å². The Hall–Kier alpha value is -3.78. The highest BCUT2D eigenvalue weighted by molar-refractivity contribution is 7.94. The van der Waals surface area contributed by atoms with Gasteiger partial charge in [-0.15, -0.1) is 0 Å². The third kappa shape index (κ3) is 5.18. The highest BCUT2D eigenvalue weighted by Crippen LogP contribution is 2.27. The minimum Gasteiger partial charge on any atom is -0.481 e. The predicted molar refractivity (Wildman–Crippen MR) is 115 cm³/mol. The normalized spacial score (nSPS) is 11.5. The molecular weight excluding hydrogens is 474 g/mol. The minimum atomic E-state index is -4.72. The van der Waals surface area contributed by atoms with Gasteiger partial charge < -0.3 is 9.47 Å². The number of nitrogens with zero attached hydrogens (tertiary/aromatic N) is 3. The number of sulfonamides is 1. The Labute approximate surface area is 190 Å². The zero-order valence-corrected chi connectivity index (χ0v) is 19.3. The monoisotopic (exact) mass is 493 g/mol. The Morgan fingerprint density at radius 1 is 0.909 bits per heavy atom. The van der Waals surface area contributed by atoms with Crippen molar-refractivity contribution in [3.05, 3.63) is 54.2 Å². The number of anilines is 1. The van der Waals surface area contributed by atoms with Gasteiger partial charge in [0.25, 0.3) is 10.0 Å². The number of carbonyl (C=O) groups excluding carboxylic acids is 1. The van der Waals surface area contributed by atoms with E-state index in [2.05, 4.69) is 20.3 Å². The summed E-state index contributed by atoms with van der Waals surface area (Å²) in [5.41, 5.74) is 0.416. The first-order valence-corrected chi connectivity index (χ1v) is 12.1. The first-order chi connectivity index (χ1) is 15.6. The Bertz CT molecular complexity index is 1390. The van der Waals surface area contributed by atoms with E-state index in [1.807, 2.05) is 0 Å². The number of nitrogens with one attached hydrogen (secondary N) is 2. The van der Waals surface area contributed by atoms with E-state index in [9.17, 15) is 21.6 Å². The first kappa shape index (κ1) is 23.9. The van der Waals surface area contributed by atoms with Crippen molar-refractivity contribution in [1.82, 2.24) is 19.7 Å². The molecule has 0 fully saturated rings. The van der Waals surface area contributed by atoms with Crippen LogP contribution in [0.3, 0.4) is 0 Å². The van der Waals surface area contributed by atoms with Crippen LogP contribution in [-0.4, -0.2) is 52.0 Å². The molecule has 33 heavy (non-hydrogen) atoms. The van der Waals surface area contributed by atoms with E-state index in [0.717, 1.165) is 12.3 Å². The third-order valence-electron chi connectivity index (χ3n) is 4.21. The van der Waals surface area contributed by atoms with Gasteiger partial charge in [0.1, 0.15) is 4.90 Å². The number of rotatable bonds is 7. The molecule has 14 heteroatoms. The number of urea groups is 1. The van der Waals surface area contributed by atoms with Gasteiger partial charge in [0.2, 0.25) is 27.5 Å². The van der Waals surface area contributed by atoms with Crippen molar-refractivity contribution in [1.29, 1.82) is 0 Å². The Kier molecular flexibility index (Phi) is 6.78. The van der Waals surface area contributed by atoms with E-state index in [1.165, 1.54) is 38.5 Å². The molecule has 3 aromatic rings. The lowest BCUT2D eigenvalue weighted by Crippen LogP contribution is -2.36. The van der Waals surface area contributed by atoms with E-state index in [-0.39, 0.29) is 22.6 Å². The lowest BCUT2D eigenvalue weighted by molar-refractivity contribution is 0.256. The van der Waals surface area contributed by atoms with Crippen LogP contribution in [0.1, 0.15) is 5.56 Å². The van der Waals surface area contributed by atoms with Crippen molar-refractivity contribution in [2.75, 3.05) is 19.5 Å². The number of aromatic nitrogens is 3. The highest BCUT2D eigenvalue weighted by Gasteiger charge is 2.31. The topological polar surface area (TPSA) is 167 Å². The van der Waals surface area contributed by atoms with Gasteiger partial charge in [0.05, 0.1) is 25.2 Å². The summed E-state index contributed by atoms with van der Waals surface area (Å²) in [6.07, 6.45) is 1.10. The number of carbonyl (C=O) groups is 1. The van der Waals surface area contributed by atoms with E-state index >= 15 is 0 Å². The van der Waals surface area contributed by atoms with E-state index < -0.39 is 35.8 Å². The Morgan fingerprint density at radius 3 is 2.12 bits per heavy atom. The lowest BCUT2D eigenvalue weighted by atomic mass is 10.2. The average Bonchev–Trinajstić information content (AvgIpc) is 2.78. The summed E-state index contributed by atoms with van der Waals surface area (Å²) in [4.78, 5) is 23.1. The van der Waals surface area contributed by atoms with Gasteiger partial charge in [-0.25, -0.2) is 22.9 Å². The molecule has 0 saturated carbocycles. The molecular formula is C19H19N5O7S2. The van der Waals surface area contributed by atoms with Crippen LogP contribution in [0.15, 0.2) is 63.5 Å². The molecule has 2 amide bonds. The molecule has 1 aromatic carbocycles. The highest BCUT2D eigenvalue weighted by atomic mass is 32.2. The summed E-state index contributed by atoms with van der Waals surface area (Å²) in [7, 11) is -6.33. The molecule has 12 nitrogen and oxygen atoms in total. The molecule has 0 saturated heterocycles. The molecule has 0 spiro atoms. The molecule has 0 bridgehead atoms. The van der Waals surface area contributed by atoms with E-state index in [4.69, 9.17) is 9.47 Å². The van der Waals surface area contributed by atoms with Gasteiger partial charge in [0.15, 0.2) is 5.03 Å². The van der Waals surface area contributed by atoms with Crippen molar-refractivity contribution in [3.8, 4) is 11.8 Å². The molecule has 0 aliphatic rings. The molecule has 0 atom stereocenters. The van der Waals surface area contributed by atoms with Gasteiger partial charge in [-0.2, -0.15) is 18.4 Å². The number of aryl methyl sites for hydroxylation is 1. The number of methoxy groups -OCH3 is 2. The molecule has 2 heterocycles. The second-order valence-corrected chi connectivity index (χ2v) is 9.90. The summed E-state index contributed by atoms with van der Waals surface area (Å²) >= 11 is 0. The Morgan fingerprint density at radius 2 is 1.52 bits per heavy atom. The largest absolute Gasteiger partial charge is 0.481 e. The number of ether oxygens (including phenoxy) is 2. The van der Waals surface area contributed by atoms with Crippen LogP contribution in [-0.2, 0) is 19.9 Å². The van der Waals surface area contributed by atoms with Crippen LogP contribution < -0.4 is 19.5 Å². The van der Waals surface area contributed by atoms with Crippen molar-refractivity contribution < 1.29 is 31.1 Å². The summed E-state index contributed by atoms with van der Waals surface area (Å²) in [5.74, 6) is -0.208. The smallest absolute Gasteiger partial charge is 0.335 e. The summed E-state index contributed by atoms with van der Waals surface area (Å²) in [5, 5.41) is 1.29. The second kappa shape index (κ2) is 9.38. The van der Waals surface area contributed by atoms with Gasteiger partial charge in [-0.1, -0.05) is 18.2 Å². The Balaban J connectivity index is 1.94. The number of amides is 2. The fourth-order valence-corrected chi connectivity index (χ4v) is 5.83. The number of sulfone groups is 1. The third-order valence-corrected chi connectivity index (χ3v) is 7.58. The van der Waals surface area contributed by atoms with Gasteiger partial charge in [-0.3, -0.25) is 5.32 Å². The van der Waals surface area contributed by atoms with Crippen LogP contribution >= 0.6 is 0 Å². The zero-order chi connectivity index (χ0) is 24.2. The number of pyridine rings is 1. The summed E-state index contributed by atoms with van der Waals surface area (Å²) in [6.45, 7) is 1.57. The molecule has 2 N–H and O–H groups in total. The molecule has 0 aliphatic carbocycles. The van der Waals surface area contributed by atoms with Gasteiger partial charge >= 0.3 is 6.03 Å². The first-order valence-electron chi connectivity index (χ1n) is 9.15. The maximum absolute atomic E-state index is 13.2. The standard InChI is InChI=1S/C19H19N5O7S2/c1-12-7-4-5-8-13(12)32(26,27)14-9-6-10-20-17(14)33(28,29)24-19(25)23-18-21-15(30-2)11-16(22-18)31-3/h4-11H,1-3H3,(H2,21,22,23,24,25). The number of hydrogen-bond acceptors (Lipinski definition) is 10. The van der Waals surface area contributed by atoms with Crippen molar-refractivity contribution in [2.45, 2.75) is 21.7 Å². The fraction of sp³-hybridized carbons (Fsp3) is 0.158. The van der Waals surface area contributed by atoms with Gasteiger partial charge in [-0.05, 0) is 30.7 Å². The number of hydrogen-bond donors (Lipinski definition) is 2. The van der Waals surface area contributed by atoms with Crippen molar-refractivity contribution >= 4 is 31.8 Å². The quantitative estimate of drug-likeness (QED) is 0.493. The maximum atomic E-state index is 13.2. The van der Waals surface area contributed by atoms with Crippen molar-refractivity contribution in [3.63, 3.8) is 0 Å². The fourth-order valence-electron chi connectivity index (χ4n) is 2.73. The number of benzene rings is 1. The van der Waals surface area contributed by atoms with Crippen LogP contribution in [0.25, 0.3) is 0 Å². The summed E-state index contributed by atoms with van der Waals surface area (Å²) < 4.78 is 63.7. The summed E-state index contributed by atoms with van der Waals surface area (Å²) in [6, 6.07) is 8.55. The van der Waals surface area contributed by atoms with E-state index in [0.29, 0.717) is 5.56 Å². The molecule has 0 radical (unpaired) electrons. The van der Waals surface area contributed by atoms with Crippen LogP contribution in [0.4, 0.5) is 10.7 Å². The molecule has 3 rings (SSSR count). The average molecular weight is 494 g/mol. The molecule has 174 valence electrons. The second-order valence-electron chi connectivity index (χ2n) is 6.41. The molecule has 2 aromatic heterocycles. The lowest BCUT2D eigenvalue weighted by Gasteiger charge is -2.13. The van der Waals surface area contributed by atoms with Crippen LogP contribution in [0.2, 0.25) is 0 Å². The molecule has 0 aliphatic heterocycles. The minimum absolute atomic E-state index is 0.0522. The van der Waals surface area contributed by atoms with Crippen LogP contribution in [0, 0.1) is 6.92 Å².